The van der Waals surface area contributed by atoms with E-state index in [1.54, 1.807) is 19.2 Å². The van der Waals surface area contributed by atoms with E-state index in [-0.39, 0.29) is 45.8 Å². The molecule has 4 aromatic rings. The van der Waals surface area contributed by atoms with Crippen molar-refractivity contribution < 1.29 is 28.3 Å². The van der Waals surface area contributed by atoms with Gasteiger partial charge in [0, 0.05) is 22.3 Å². The third-order valence-corrected chi connectivity index (χ3v) is 17.3. The number of halogens is 2. The van der Waals surface area contributed by atoms with Gasteiger partial charge in [-0.05, 0) is 194 Å². The van der Waals surface area contributed by atoms with Crippen molar-refractivity contribution in [2.24, 2.45) is 35.5 Å². The Balaban J connectivity index is 1.04. The van der Waals surface area contributed by atoms with Gasteiger partial charge in [-0.2, -0.15) is 0 Å². The van der Waals surface area contributed by atoms with Crippen LogP contribution in [0.3, 0.4) is 0 Å². The Morgan fingerprint density at radius 2 is 1.03 bits per heavy atom. The van der Waals surface area contributed by atoms with E-state index in [1.165, 1.54) is 50.7 Å². The molecule has 0 spiro atoms. The first-order valence-electron chi connectivity index (χ1n) is 24.0. The van der Waals surface area contributed by atoms with Crippen LogP contribution in [-0.4, -0.2) is 28.6 Å². The molecular weight excluding hydrogens is 785 g/mol. The summed E-state index contributed by atoms with van der Waals surface area (Å²) in [6.45, 7) is 13.4. The molecule has 1 aliphatic heterocycles. The fraction of sp³-hybridized carbons (Fsp3) is 0.474. The minimum Gasteiger partial charge on any atom is -0.525 e. The Kier molecular flexibility index (Phi) is 9.65. The first kappa shape index (κ1) is 40.9. The molecule has 8 saturated carbocycles. The average molecular weight is 848 g/mol. The number of rotatable bonds is 9. The summed E-state index contributed by atoms with van der Waals surface area (Å²) in [6.07, 6.45) is 17.5. The first-order chi connectivity index (χ1) is 30.2. The molecule has 4 aromatic carbocycles. The number of phenols is 2. The molecule has 8 bridgehead atoms. The highest BCUT2D eigenvalue weighted by Gasteiger charge is 2.54. The number of hydrogen-bond acceptors (Lipinski definition) is 3. The Hall–Kier alpha value is -4.84. The topological polar surface area (TPSA) is 52.7 Å². The molecule has 0 radical (unpaired) electrons. The third kappa shape index (κ3) is 6.70. The monoisotopic (exact) mass is 847 g/mol. The molecule has 1 heterocycles. The van der Waals surface area contributed by atoms with E-state index < -0.39 is 0 Å². The molecular formula is C57H63F2NO3. The lowest BCUT2D eigenvalue weighted by Crippen LogP contribution is -2.48. The highest BCUT2D eigenvalue weighted by atomic mass is 19.1. The lowest BCUT2D eigenvalue weighted by atomic mass is 9.48. The molecule has 2 N–H and O–H groups in total. The summed E-state index contributed by atoms with van der Waals surface area (Å²) >= 11 is 0. The number of aromatic hydroxyl groups is 2. The Morgan fingerprint density at radius 3 is 1.48 bits per heavy atom. The van der Waals surface area contributed by atoms with E-state index in [0.29, 0.717) is 52.4 Å². The normalized spacial score (nSPS) is 30.4. The number of hydrogen-bond donors (Lipinski definition) is 2. The van der Waals surface area contributed by atoms with E-state index >= 15 is 8.78 Å². The maximum atomic E-state index is 16.2. The van der Waals surface area contributed by atoms with Gasteiger partial charge >= 0.3 is 0 Å². The summed E-state index contributed by atoms with van der Waals surface area (Å²) in [7, 11) is 1.65. The fourth-order valence-electron chi connectivity index (χ4n) is 15.2. The van der Waals surface area contributed by atoms with Gasteiger partial charge in [0.2, 0.25) is 0 Å². The number of ether oxygens (including phenoxy) is 1. The van der Waals surface area contributed by atoms with Crippen LogP contribution in [0.5, 0.6) is 11.5 Å². The van der Waals surface area contributed by atoms with Crippen LogP contribution < -0.4 is 0 Å². The standard InChI is InChI=1S/C57H63F2NO3/c1-31(2)39-7-9-44(48-19-41(58)21-50(54(48)61)56-25-33-11-34(26-56)13-35(12-33)27-56)46(17-39)52-23-43(63-6)24-53(60(52)5)47-18-40(32(3)4)8-10-45(47)49-20-42(59)22-51(55(49)62)57-28-36-14-37(29-57)16-38(15-36)30-57/h7-10,17-24,31-38,61-62H,5,11-16,25-30H2,1-4,6H3. The van der Waals surface area contributed by atoms with Crippen LogP contribution >= 0.6 is 0 Å². The van der Waals surface area contributed by atoms with Crippen molar-refractivity contribution in [2.75, 3.05) is 7.11 Å². The Labute approximate surface area is 372 Å². The van der Waals surface area contributed by atoms with Crippen molar-refractivity contribution in [1.29, 1.82) is 0 Å². The smallest absolute Gasteiger partial charge is 0.164 e. The van der Waals surface area contributed by atoms with Crippen molar-refractivity contribution >= 4 is 12.4 Å². The second-order valence-electron chi connectivity index (χ2n) is 22.1. The minimum absolute atomic E-state index is 0.180. The van der Waals surface area contributed by atoms with E-state index in [0.717, 1.165) is 94.8 Å². The predicted molar refractivity (Wildman–Crippen MR) is 248 cm³/mol. The van der Waals surface area contributed by atoms with Crippen LogP contribution in [0.25, 0.3) is 28.0 Å². The summed E-state index contributed by atoms with van der Waals surface area (Å²) in [5.74, 6) is 4.51. The molecule has 0 amide bonds. The Morgan fingerprint density at radius 1 is 0.603 bits per heavy atom. The highest BCUT2D eigenvalue weighted by molar-refractivity contribution is 5.85. The Bertz CT molecular complexity index is 2540. The molecule has 63 heavy (non-hydrogen) atoms. The number of allylic oxidation sites excluding steroid dienone is 1. The average Bonchev–Trinajstić information content (AvgIpc) is 3.23. The maximum Gasteiger partial charge on any atom is 0.164 e. The molecule has 8 fully saturated rings. The molecule has 8 aliphatic carbocycles. The largest absolute Gasteiger partial charge is 0.525 e. The van der Waals surface area contributed by atoms with Gasteiger partial charge in [0.15, 0.2) is 11.7 Å². The van der Waals surface area contributed by atoms with Gasteiger partial charge in [-0.15, -0.1) is 0 Å². The lowest BCUT2D eigenvalue weighted by Gasteiger charge is -2.57. The second kappa shape index (κ2) is 14.9. The van der Waals surface area contributed by atoms with Gasteiger partial charge in [0.25, 0.3) is 0 Å². The van der Waals surface area contributed by atoms with Gasteiger partial charge in [-0.1, -0.05) is 75.2 Å². The minimum atomic E-state index is -0.334. The zero-order valence-corrected chi connectivity index (χ0v) is 37.7. The van der Waals surface area contributed by atoms with Gasteiger partial charge in [-0.3, -0.25) is 0 Å². The molecule has 13 rings (SSSR count). The van der Waals surface area contributed by atoms with Crippen molar-refractivity contribution in [2.45, 2.75) is 127 Å². The summed E-state index contributed by atoms with van der Waals surface area (Å²) in [5.41, 5.74) is 8.04. The lowest BCUT2D eigenvalue weighted by molar-refractivity contribution is -0.392. The van der Waals surface area contributed by atoms with Gasteiger partial charge in [0.05, 0.1) is 19.6 Å². The van der Waals surface area contributed by atoms with Crippen LogP contribution in [-0.2, 0) is 15.6 Å². The van der Waals surface area contributed by atoms with Crippen molar-refractivity contribution in [1.82, 2.24) is 0 Å². The van der Waals surface area contributed by atoms with Gasteiger partial charge in [0.1, 0.15) is 23.1 Å². The molecule has 328 valence electrons. The van der Waals surface area contributed by atoms with Crippen LogP contribution in [0.2, 0.25) is 0 Å². The van der Waals surface area contributed by atoms with E-state index in [1.807, 2.05) is 28.9 Å². The highest BCUT2D eigenvalue weighted by Crippen LogP contribution is 2.64. The van der Waals surface area contributed by atoms with Crippen LogP contribution in [0, 0.1) is 53.2 Å². The second-order valence-corrected chi connectivity index (χ2v) is 22.1. The number of benzene rings is 4. The van der Waals surface area contributed by atoms with E-state index in [9.17, 15) is 10.2 Å². The molecule has 4 nitrogen and oxygen atoms in total. The van der Waals surface area contributed by atoms with Crippen molar-refractivity contribution in [3.63, 3.8) is 0 Å². The van der Waals surface area contributed by atoms with E-state index in [4.69, 9.17) is 11.5 Å². The maximum absolute atomic E-state index is 16.2. The first-order valence-corrected chi connectivity index (χ1v) is 24.0. The van der Waals surface area contributed by atoms with Crippen LogP contribution in [0.4, 0.5) is 8.78 Å². The number of methoxy groups -OCH3 is 1. The number of phenolic OH excluding ortho intramolecular Hbond substituents is 2. The third-order valence-electron chi connectivity index (χ3n) is 17.3. The molecule has 6 heteroatoms. The summed E-state index contributed by atoms with van der Waals surface area (Å²) < 4.78 is 40.4. The molecule has 9 aliphatic rings. The fourth-order valence-corrected chi connectivity index (χ4v) is 15.2. The summed E-state index contributed by atoms with van der Waals surface area (Å²) in [6, 6.07) is 19.5. The predicted octanol–water partition coefficient (Wildman–Crippen LogP) is 14.1. The van der Waals surface area contributed by atoms with E-state index in [2.05, 4.69) is 52.0 Å². The number of nitrogens with zero attached hydrogens (tertiary/aromatic N) is 1. The zero-order chi connectivity index (χ0) is 43.7. The molecule has 0 aromatic heterocycles. The van der Waals surface area contributed by atoms with Crippen LogP contribution in [0.1, 0.15) is 150 Å². The van der Waals surface area contributed by atoms with Gasteiger partial charge < -0.3 is 14.9 Å². The quantitative estimate of drug-likeness (QED) is 0.130. The van der Waals surface area contributed by atoms with Crippen molar-refractivity contribution in [3.8, 4) is 33.8 Å². The molecule has 0 atom stereocenters. The summed E-state index contributed by atoms with van der Waals surface area (Å²) in [5, 5.41) is 25.0. The summed E-state index contributed by atoms with van der Waals surface area (Å²) in [4.78, 5) is 0. The van der Waals surface area contributed by atoms with Crippen molar-refractivity contribution in [3.05, 3.63) is 130 Å². The SMILES string of the molecule is C=[N+]1C(c2cc(C(C)C)ccc2-c2cc(F)cc(C34CC5CC(CC(C5)C3)C4)c2O)=CC(OC)=C[C-]1c1cc(C(C)C)ccc1-c1cc(F)cc(C23CC4CC(CC(C4)C2)C3)c1O. The van der Waals surface area contributed by atoms with Crippen LogP contribution in [0.15, 0.2) is 78.6 Å². The zero-order valence-electron chi connectivity index (χ0n) is 37.7. The molecule has 0 unspecified atom stereocenters. The molecule has 0 saturated heterocycles. The van der Waals surface area contributed by atoms with Gasteiger partial charge in [-0.25, -0.2) is 13.4 Å².